The highest BCUT2D eigenvalue weighted by molar-refractivity contribution is 9.10. The van der Waals surface area contributed by atoms with Crippen LogP contribution in [-0.2, 0) is 6.42 Å². The number of rotatable bonds is 6. The van der Waals surface area contributed by atoms with Crippen LogP contribution < -0.4 is 5.32 Å². The van der Waals surface area contributed by atoms with Crippen LogP contribution in [0.5, 0.6) is 0 Å². The minimum Gasteiger partial charge on any atom is -0.310 e. The summed E-state index contributed by atoms with van der Waals surface area (Å²) in [6.45, 7) is 3.07. The van der Waals surface area contributed by atoms with E-state index in [0.29, 0.717) is 6.04 Å². The third kappa shape index (κ3) is 4.32. The number of aryl methyl sites for hydroxylation is 1. The molecule has 1 aromatic heterocycles. The van der Waals surface area contributed by atoms with Gasteiger partial charge in [0.15, 0.2) is 0 Å². The van der Waals surface area contributed by atoms with Gasteiger partial charge in [-0.1, -0.05) is 40.5 Å². The van der Waals surface area contributed by atoms with Crippen molar-refractivity contribution in [3.05, 3.63) is 55.6 Å². The summed E-state index contributed by atoms with van der Waals surface area (Å²) < 4.78 is 1.07. The van der Waals surface area contributed by atoms with Gasteiger partial charge in [0.2, 0.25) is 0 Å². The molecule has 0 aliphatic rings. The Kier molecular flexibility index (Phi) is 5.89. The molecule has 19 heavy (non-hydrogen) atoms. The van der Waals surface area contributed by atoms with Gasteiger partial charge in [0, 0.05) is 20.4 Å². The quantitative estimate of drug-likeness (QED) is 0.724. The molecule has 0 fully saturated rings. The first-order valence-electron chi connectivity index (χ1n) is 6.41. The second-order valence-corrected chi connectivity index (χ2v) is 6.75. The molecule has 0 aliphatic carbocycles. The van der Waals surface area contributed by atoms with E-state index < -0.39 is 0 Å². The maximum absolute atomic E-state index is 6.33. The van der Waals surface area contributed by atoms with Crippen LogP contribution in [0.3, 0.4) is 0 Å². The number of benzene rings is 1. The van der Waals surface area contributed by atoms with Crippen LogP contribution in [0.2, 0.25) is 5.02 Å². The molecule has 0 aliphatic heterocycles. The molecule has 1 N–H and O–H groups in total. The number of hydrogen-bond acceptors (Lipinski definition) is 2. The average Bonchev–Trinajstić information content (AvgIpc) is 2.91. The van der Waals surface area contributed by atoms with Crippen molar-refractivity contribution < 1.29 is 0 Å². The zero-order valence-electron chi connectivity index (χ0n) is 10.8. The fourth-order valence-electron chi connectivity index (χ4n) is 2.14. The maximum Gasteiger partial charge on any atom is 0.0454 e. The van der Waals surface area contributed by atoms with Gasteiger partial charge in [-0.15, -0.1) is 11.3 Å². The minimum absolute atomic E-state index is 0.303. The zero-order valence-corrected chi connectivity index (χ0v) is 14.0. The fourth-order valence-corrected chi connectivity index (χ4v) is 3.49. The third-order valence-corrected chi connectivity index (χ3v) is 4.82. The van der Waals surface area contributed by atoms with Crippen LogP contribution in [0.25, 0.3) is 0 Å². The van der Waals surface area contributed by atoms with Gasteiger partial charge in [-0.2, -0.15) is 0 Å². The highest BCUT2D eigenvalue weighted by atomic mass is 79.9. The standard InChI is InChI=1S/C15H17BrClNS/c1-2-18-15(8-6-12-4-3-9-19-12)13-10-11(16)5-7-14(13)17/h3-5,7,9-10,15,18H,2,6,8H2,1H3. The van der Waals surface area contributed by atoms with E-state index in [1.54, 1.807) is 0 Å². The van der Waals surface area contributed by atoms with Crippen molar-refractivity contribution >= 4 is 38.9 Å². The molecule has 1 aromatic carbocycles. The zero-order chi connectivity index (χ0) is 13.7. The molecule has 0 spiro atoms. The molecule has 0 saturated carbocycles. The first-order valence-corrected chi connectivity index (χ1v) is 8.46. The maximum atomic E-state index is 6.33. The van der Waals surface area contributed by atoms with Crippen molar-refractivity contribution in [3.8, 4) is 0 Å². The summed E-state index contributed by atoms with van der Waals surface area (Å²) in [6.07, 6.45) is 2.14. The second-order valence-electron chi connectivity index (χ2n) is 4.39. The molecule has 0 bridgehead atoms. The van der Waals surface area contributed by atoms with E-state index in [1.807, 2.05) is 23.5 Å². The lowest BCUT2D eigenvalue weighted by Crippen LogP contribution is -2.21. The summed E-state index contributed by atoms with van der Waals surface area (Å²) in [4.78, 5) is 1.43. The Morgan fingerprint density at radius 1 is 1.37 bits per heavy atom. The van der Waals surface area contributed by atoms with E-state index in [0.717, 1.165) is 28.9 Å². The SMILES string of the molecule is CCNC(CCc1cccs1)c1cc(Br)ccc1Cl. The van der Waals surface area contributed by atoms with Crippen LogP contribution in [-0.4, -0.2) is 6.54 Å². The Morgan fingerprint density at radius 3 is 2.89 bits per heavy atom. The van der Waals surface area contributed by atoms with Crippen molar-refractivity contribution in [1.82, 2.24) is 5.32 Å². The van der Waals surface area contributed by atoms with Crippen LogP contribution in [0, 0.1) is 0 Å². The molecule has 2 rings (SSSR count). The predicted octanol–water partition coefficient (Wildman–Crippen LogP) is 5.45. The van der Waals surface area contributed by atoms with E-state index >= 15 is 0 Å². The first kappa shape index (κ1) is 15.0. The van der Waals surface area contributed by atoms with Gasteiger partial charge in [-0.05, 0) is 54.6 Å². The van der Waals surface area contributed by atoms with E-state index in [4.69, 9.17) is 11.6 Å². The monoisotopic (exact) mass is 357 g/mol. The summed E-state index contributed by atoms with van der Waals surface area (Å²) in [6, 6.07) is 10.6. The van der Waals surface area contributed by atoms with Crippen molar-refractivity contribution in [2.24, 2.45) is 0 Å². The van der Waals surface area contributed by atoms with E-state index in [9.17, 15) is 0 Å². The van der Waals surface area contributed by atoms with Crippen molar-refractivity contribution in [3.63, 3.8) is 0 Å². The molecule has 2 aromatic rings. The molecule has 1 nitrogen and oxygen atoms in total. The third-order valence-electron chi connectivity index (χ3n) is 3.04. The lowest BCUT2D eigenvalue weighted by Gasteiger charge is -2.19. The number of nitrogens with one attached hydrogen (secondary N) is 1. The molecule has 0 radical (unpaired) electrons. The highest BCUT2D eigenvalue weighted by Gasteiger charge is 2.14. The van der Waals surface area contributed by atoms with Gasteiger partial charge in [-0.25, -0.2) is 0 Å². The summed E-state index contributed by atoms with van der Waals surface area (Å²) in [5.41, 5.74) is 1.18. The molecule has 1 unspecified atom stereocenters. The molecule has 1 heterocycles. The first-order chi connectivity index (χ1) is 9.20. The van der Waals surface area contributed by atoms with E-state index in [1.165, 1.54) is 10.4 Å². The van der Waals surface area contributed by atoms with Crippen LogP contribution in [0.15, 0.2) is 40.2 Å². The highest BCUT2D eigenvalue weighted by Crippen LogP contribution is 2.29. The molecule has 102 valence electrons. The average molecular weight is 359 g/mol. The van der Waals surface area contributed by atoms with Crippen LogP contribution in [0.4, 0.5) is 0 Å². The Labute approximate surface area is 132 Å². The van der Waals surface area contributed by atoms with Gasteiger partial charge in [0.25, 0.3) is 0 Å². The second kappa shape index (κ2) is 7.44. The smallest absolute Gasteiger partial charge is 0.0454 e. The lowest BCUT2D eigenvalue weighted by atomic mass is 10.0. The Morgan fingerprint density at radius 2 is 2.21 bits per heavy atom. The van der Waals surface area contributed by atoms with E-state index in [2.05, 4.69) is 51.7 Å². The predicted molar refractivity (Wildman–Crippen MR) is 88.2 cm³/mol. The van der Waals surface area contributed by atoms with Gasteiger partial charge in [0.1, 0.15) is 0 Å². The van der Waals surface area contributed by atoms with Gasteiger partial charge in [0.05, 0.1) is 0 Å². The molecule has 4 heteroatoms. The lowest BCUT2D eigenvalue weighted by molar-refractivity contribution is 0.517. The number of hydrogen-bond donors (Lipinski definition) is 1. The summed E-state index contributed by atoms with van der Waals surface area (Å²) in [5.74, 6) is 0. The minimum atomic E-state index is 0.303. The van der Waals surface area contributed by atoms with Crippen molar-refractivity contribution in [2.45, 2.75) is 25.8 Å². The summed E-state index contributed by atoms with van der Waals surface area (Å²) in [5, 5.41) is 6.49. The van der Waals surface area contributed by atoms with Crippen molar-refractivity contribution in [2.75, 3.05) is 6.54 Å². The largest absolute Gasteiger partial charge is 0.310 e. The summed E-state index contributed by atoms with van der Waals surface area (Å²) >= 11 is 11.7. The molecule has 0 saturated heterocycles. The number of thiophene rings is 1. The Balaban J connectivity index is 2.12. The van der Waals surface area contributed by atoms with Gasteiger partial charge >= 0.3 is 0 Å². The van der Waals surface area contributed by atoms with E-state index in [-0.39, 0.29) is 0 Å². The van der Waals surface area contributed by atoms with Crippen LogP contribution in [0.1, 0.15) is 29.8 Å². The van der Waals surface area contributed by atoms with Crippen LogP contribution >= 0.6 is 38.9 Å². The fraction of sp³-hybridized carbons (Fsp3) is 0.333. The Hall–Kier alpha value is -0.350. The topological polar surface area (TPSA) is 12.0 Å². The van der Waals surface area contributed by atoms with Gasteiger partial charge < -0.3 is 5.32 Å². The molecule has 0 amide bonds. The van der Waals surface area contributed by atoms with Gasteiger partial charge in [-0.3, -0.25) is 0 Å². The summed E-state index contributed by atoms with van der Waals surface area (Å²) in [7, 11) is 0. The molecular weight excluding hydrogens is 342 g/mol. The molecule has 1 atom stereocenters. The number of halogens is 2. The molecular formula is C15H17BrClNS. The Bertz CT molecular complexity index is 513. The normalized spacial score (nSPS) is 12.6. The van der Waals surface area contributed by atoms with Crippen molar-refractivity contribution in [1.29, 1.82) is 0 Å².